The maximum atomic E-state index is 5.93. The molecule has 0 heterocycles. The van der Waals surface area contributed by atoms with E-state index in [9.17, 15) is 0 Å². The van der Waals surface area contributed by atoms with E-state index in [1.807, 2.05) is 36.4 Å². The minimum absolute atomic E-state index is 0.546. The van der Waals surface area contributed by atoms with Gasteiger partial charge < -0.3 is 4.74 Å². The first-order valence-corrected chi connectivity index (χ1v) is 5.98. The molecular formula is C15H15ClO. The first-order chi connectivity index (χ1) is 8.16. The zero-order chi connectivity index (χ0) is 12.3. The van der Waals surface area contributed by atoms with Crippen molar-refractivity contribution in [2.24, 2.45) is 0 Å². The second kappa shape index (κ2) is 5.24. The molecule has 0 fully saturated rings. The highest BCUT2D eigenvalue weighted by Gasteiger charge is 2.02. The maximum Gasteiger partial charge on any atom is 0.122 e. The molecule has 2 heteroatoms. The number of ether oxygens (including phenoxy) is 1. The van der Waals surface area contributed by atoms with Crippen LogP contribution in [0.25, 0.3) is 0 Å². The van der Waals surface area contributed by atoms with Crippen molar-refractivity contribution < 1.29 is 4.74 Å². The summed E-state index contributed by atoms with van der Waals surface area (Å²) in [5.74, 6) is 0.935. The summed E-state index contributed by atoms with van der Waals surface area (Å²) in [4.78, 5) is 0. The highest BCUT2D eigenvalue weighted by Crippen LogP contribution is 2.22. The van der Waals surface area contributed by atoms with Crippen molar-refractivity contribution in [3.8, 4) is 5.75 Å². The van der Waals surface area contributed by atoms with E-state index in [4.69, 9.17) is 16.3 Å². The fourth-order valence-electron chi connectivity index (χ4n) is 1.67. The van der Waals surface area contributed by atoms with Gasteiger partial charge in [-0.3, -0.25) is 0 Å². The molecule has 1 nitrogen and oxygen atoms in total. The molecule has 2 aromatic carbocycles. The van der Waals surface area contributed by atoms with Crippen molar-refractivity contribution in [2.45, 2.75) is 20.5 Å². The molecule has 0 aliphatic carbocycles. The summed E-state index contributed by atoms with van der Waals surface area (Å²) in [6.07, 6.45) is 0. The average molecular weight is 247 g/mol. The van der Waals surface area contributed by atoms with Crippen LogP contribution in [0.5, 0.6) is 5.75 Å². The van der Waals surface area contributed by atoms with Gasteiger partial charge in [0.1, 0.15) is 12.4 Å². The molecule has 17 heavy (non-hydrogen) atoms. The summed E-state index contributed by atoms with van der Waals surface area (Å²) in [5.41, 5.74) is 3.52. The van der Waals surface area contributed by atoms with E-state index in [1.165, 1.54) is 11.1 Å². The summed E-state index contributed by atoms with van der Waals surface area (Å²) in [7, 11) is 0. The number of rotatable bonds is 3. The Bertz CT molecular complexity index is 520. The lowest BCUT2D eigenvalue weighted by molar-refractivity contribution is 0.304. The molecule has 0 spiro atoms. The summed E-state index contributed by atoms with van der Waals surface area (Å²) < 4.78 is 5.80. The monoisotopic (exact) mass is 246 g/mol. The van der Waals surface area contributed by atoms with Crippen molar-refractivity contribution in [1.29, 1.82) is 0 Å². The zero-order valence-electron chi connectivity index (χ0n) is 10.0. The lowest BCUT2D eigenvalue weighted by Crippen LogP contribution is -1.97. The molecule has 0 bridgehead atoms. The normalized spacial score (nSPS) is 10.3. The minimum Gasteiger partial charge on any atom is -0.489 e. The van der Waals surface area contributed by atoms with Crippen LogP contribution < -0.4 is 4.74 Å². The Morgan fingerprint density at radius 1 is 1.06 bits per heavy atom. The number of halogens is 1. The Morgan fingerprint density at radius 3 is 2.59 bits per heavy atom. The standard InChI is InChI=1S/C15H15ClO/c1-11-5-3-8-15(12(11)2)17-10-13-6-4-7-14(16)9-13/h3-9H,10H2,1-2H3. The van der Waals surface area contributed by atoms with Crippen LogP contribution in [-0.4, -0.2) is 0 Å². The highest BCUT2D eigenvalue weighted by atomic mass is 35.5. The molecule has 2 aromatic rings. The van der Waals surface area contributed by atoms with Gasteiger partial charge in [-0.05, 0) is 48.7 Å². The van der Waals surface area contributed by atoms with Gasteiger partial charge in [0.2, 0.25) is 0 Å². The van der Waals surface area contributed by atoms with Gasteiger partial charge in [-0.25, -0.2) is 0 Å². The van der Waals surface area contributed by atoms with E-state index in [2.05, 4.69) is 19.9 Å². The number of aryl methyl sites for hydroxylation is 1. The van der Waals surface area contributed by atoms with Crippen molar-refractivity contribution in [3.05, 3.63) is 64.2 Å². The van der Waals surface area contributed by atoms with E-state index in [1.54, 1.807) is 0 Å². The van der Waals surface area contributed by atoms with Gasteiger partial charge in [0.25, 0.3) is 0 Å². The second-order valence-electron chi connectivity index (χ2n) is 4.12. The quantitative estimate of drug-likeness (QED) is 0.773. The molecule has 0 N–H and O–H groups in total. The number of benzene rings is 2. The Kier molecular flexibility index (Phi) is 3.70. The molecule has 0 amide bonds. The fourth-order valence-corrected chi connectivity index (χ4v) is 1.88. The summed E-state index contributed by atoms with van der Waals surface area (Å²) in [5, 5.41) is 0.743. The van der Waals surface area contributed by atoms with Crippen LogP contribution in [0.2, 0.25) is 5.02 Å². The fraction of sp³-hybridized carbons (Fsp3) is 0.200. The van der Waals surface area contributed by atoms with Crippen LogP contribution >= 0.6 is 11.6 Å². The van der Waals surface area contributed by atoms with Crippen molar-refractivity contribution in [1.82, 2.24) is 0 Å². The average Bonchev–Trinajstić information content (AvgIpc) is 2.31. The van der Waals surface area contributed by atoms with E-state index in [0.717, 1.165) is 16.3 Å². The first-order valence-electron chi connectivity index (χ1n) is 5.60. The lowest BCUT2D eigenvalue weighted by atomic mass is 10.1. The minimum atomic E-state index is 0.546. The summed E-state index contributed by atoms with van der Waals surface area (Å²) in [6, 6.07) is 13.8. The second-order valence-corrected chi connectivity index (χ2v) is 4.55. The smallest absolute Gasteiger partial charge is 0.122 e. The van der Waals surface area contributed by atoms with Crippen LogP contribution in [-0.2, 0) is 6.61 Å². The van der Waals surface area contributed by atoms with Gasteiger partial charge in [-0.2, -0.15) is 0 Å². The maximum absolute atomic E-state index is 5.93. The molecule has 0 saturated heterocycles. The van der Waals surface area contributed by atoms with E-state index >= 15 is 0 Å². The van der Waals surface area contributed by atoms with Crippen LogP contribution in [0, 0.1) is 13.8 Å². The molecule has 0 aliphatic heterocycles. The van der Waals surface area contributed by atoms with Crippen molar-refractivity contribution in [2.75, 3.05) is 0 Å². The summed E-state index contributed by atoms with van der Waals surface area (Å²) >= 11 is 5.93. The van der Waals surface area contributed by atoms with E-state index in [0.29, 0.717) is 6.61 Å². The molecule has 0 atom stereocenters. The molecule has 2 rings (SSSR count). The molecule has 0 unspecified atom stereocenters. The van der Waals surface area contributed by atoms with E-state index in [-0.39, 0.29) is 0 Å². The highest BCUT2D eigenvalue weighted by molar-refractivity contribution is 6.30. The lowest BCUT2D eigenvalue weighted by Gasteiger charge is -2.10. The third-order valence-corrected chi connectivity index (χ3v) is 3.07. The van der Waals surface area contributed by atoms with Crippen LogP contribution in [0.15, 0.2) is 42.5 Å². The predicted molar refractivity (Wildman–Crippen MR) is 71.7 cm³/mol. The topological polar surface area (TPSA) is 9.23 Å². The van der Waals surface area contributed by atoms with Gasteiger partial charge in [-0.15, -0.1) is 0 Å². The van der Waals surface area contributed by atoms with Crippen LogP contribution in [0.3, 0.4) is 0 Å². The van der Waals surface area contributed by atoms with Gasteiger partial charge in [0.05, 0.1) is 0 Å². The third kappa shape index (κ3) is 3.01. The first kappa shape index (κ1) is 12.0. The van der Waals surface area contributed by atoms with Gasteiger partial charge in [-0.1, -0.05) is 35.9 Å². The summed E-state index contributed by atoms with van der Waals surface area (Å²) in [6.45, 7) is 4.70. The van der Waals surface area contributed by atoms with E-state index < -0.39 is 0 Å². The molecule has 0 aromatic heterocycles. The molecule has 88 valence electrons. The Balaban J connectivity index is 2.10. The van der Waals surface area contributed by atoms with Crippen molar-refractivity contribution in [3.63, 3.8) is 0 Å². The predicted octanol–water partition coefficient (Wildman–Crippen LogP) is 4.54. The molecular weight excluding hydrogens is 232 g/mol. The number of hydrogen-bond acceptors (Lipinski definition) is 1. The van der Waals surface area contributed by atoms with Gasteiger partial charge in [0, 0.05) is 5.02 Å². The number of hydrogen-bond donors (Lipinski definition) is 0. The van der Waals surface area contributed by atoms with Crippen LogP contribution in [0.1, 0.15) is 16.7 Å². The van der Waals surface area contributed by atoms with Crippen LogP contribution in [0.4, 0.5) is 0 Å². The molecule has 0 radical (unpaired) electrons. The Labute approximate surface area is 107 Å². The van der Waals surface area contributed by atoms with Crippen molar-refractivity contribution >= 4 is 11.6 Å². The third-order valence-electron chi connectivity index (χ3n) is 2.84. The Morgan fingerprint density at radius 2 is 1.82 bits per heavy atom. The largest absolute Gasteiger partial charge is 0.489 e. The molecule has 0 aliphatic rings. The molecule has 0 saturated carbocycles. The zero-order valence-corrected chi connectivity index (χ0v) is 10.8. The van der Waals surface area contributed by atoms with Gasteiger partial charge >= 0.3 is 0 Å². The van der Waals surface area contributed by atoms with Gasteiger partial charge in [0.15, 0.2) is 0 Å². The Hall–Kier alpha value is -1.47. The SMILES string of the molecule is Cc1cccc(OCc2cccc(Cl)c2)c1C.